The predicted molar refractivity (Wildman–Crippen MR) is 196 cm³/mol. The Morgan fingerprint density at radius 2 is 1.98 bits per heavy atom. The van der Waals surface area contributed by atoms with E-state index < -0.39 is 15.9 Å². The first kappa shape index (κ1) is 38.7. The number of nitrogens with zero attached hydrogens (tertiary/aromatic N) is 2. The van der Waals surface area contributed by atoms with E-state index in [4.69, 9.17) is 25.8 Å². The van der Waals surface area contributed by atoms with Gasteiger partial charge in [-0.25, -0.2) is 13.7 Å². The highest BCUT2D eigenvalue weighted by atomic mass is 35.5. The van der Waals surface area contributed by atoms with E-state index in [1.807, 2.05) is 39.0 Å². The first-order valence-corrected chi connectivity index (χ1v) is 19.1. The number of aryl methyl sites for hydroxylation is 1. The van der Waals surface area contributed by atoms with Crippen LogP contribution in [0.15, 0.2) is 57.8 Å². The van der Waals surface area contributed by atoms with Crippen molar-refractivity contribution in [3.05, 3.63) is 64.7 Å². The Balaban J connectivity index is 1.70. The number of hydrogen-bond donors (Lipinski definition) is 2. The summed E-state index contributed by atoms with van der Waals surface area (Å²) in [4.78, 5) is 26.8. The molecule has 0 radical (unpaired) electrons. The van der Waals surface area contributed by atoms with E-state index >= 15 is 0 Å². The Hall–Kier alpha value is -3.12. The maximum atomic E-state index is 14.1. The fourth-order valence-corrected chi connectivity index (χ4v) is 7.95. The summed E-state index contributed by atoms with van der Waals surface area (Å²) < 4.78 is 38.6. The van der Waals surface area contributed by atoms with Gasteiger partial charge < -0.3 is 24.4 Å². The summed E-state index contributed by atoms with van der Waals surface area (Å²) in [6, 6.07) is 10.3. The van der Waals surface area contributed by atoms with E-state index in [1.54, 1.807) is 39.2 Å². The molecule has 270 valence electrons. The maximum absolute atomic E-state index is 14.1. The van der Waals surface area contributed by atoms with Crippen molar-refractivity contribution in [2.24, 2.45) is 16.2 Å². The van der Waals surface area contributed by atoms with Crippen LogP contribution in [-0.2, 0) is 30.6 Å². The summed E-state index contributed by atoms with van der Waals surface area (Å²) in [5.41, 5.74) is 2.91. The standard InChI is InChI=1S/C37H53ClN4O6S/c1-8-10-26-19-29(38)13-16-31(26)28-22-42(21-27-12-15-32(27)34(46-7)11-9-18-48-37(4,5)6)33-20-30(14-17-35(33)47-23-28)49(45,39-24-43)41-36(44)40-25(2)3/h9,11,13-14,16-17,19-20,24-25,27-28,32,34H,8,10,12,15,18,21-23H2,1-7H3,(H2,39,40,41,43,44,45)/b11-9+/t27-,28?,32?,34?,49?/m0/s1. The second-order valence-electron chi connectivity index (χ2n) is 14.2. The van der Waals surface area contributed by atoms with Crippen molar-refractivity contribution < 1.29 is 28.0 Å². The minimum atomic E-state index is -3.63. The molecule has 0 aromatic heterocycles. The van der Waals surface area contributed by atoms with Gasteiger partial charge in [-0.15, -0.1) is 4.36 Å². The van der Waals surface area contributed by atoms with Gasteiger partial charge in [0.1, 0.15) is 5.75 Å². The molecule has 1 aliphatic carbocycles. The summed E-state index contributed by atoms with van der Waals surface area (Å²) in [7, 11) is -1.88. The molecule has 4 rings (SSSR count). The van der Waals surface area contributed by atoms with Gasteiger partial charge >= 0.3 is 6.03 Å². The van der Waals surface area contributed by atoms with Crippen LogP contribution in [0.4, 0.5) is 10.5 Å². The van der Waals surface area contributed by atoms with Gasteiger partial charge in [-0.1, -0.05) is 43.2 Å². The molecule has 0 saturated heterocycles. The average Bonchev–Trinajstić information content (AvgIpc) is 3.19. The van der Waals surface area contributed by atoms with Gasteiger partial charge in [0, 0.05) is 37.2 Å². The summed E-state index contributed by atoms with van der Waals surface area (Å²) in [6.45, 7) is 14.1. The summed E-state index contributed by atoms with van der Waals surface area (Å²) in [6.07, 6.45) is 8.25. The fraction of sp³-hybridized carbons (Fsp3) is 0.568. The zero-order chi connectivity index (χ0) is 35.8. The second kappa shape index (κ2) is 17.2. The molecule has 2 aromatic carbocycles. The molecule has 2 N–H and O–H groups in total. The number of urea groups is 1. The number of fused-ring (bicyclic) bond motifs is 1. The number of carbonyl (C=O) groups excluding carboxylic acids is 2. The molecule has 1 heterocycles. The number of nitrogens with one attached hydrogen (secondary N) is 2. The molecular weight excluding hydrogens is 664 g/mol. The van der Waals surface area contributed by atoms with Crippen molar-refractivity contribution >= 4 is 39.6 Å². The Kier molecular flexibility index (Phi) is 13.6. The largest absolute Gasteiger partial charge is 0.491 e. The van der Waals surface area contributed by atoms with Gasteiger partial charge in [-0.2, -0.15) is 0 Å². The van der Waals surface area contributed by atoms with Crippen LogP contribution < -0.4 is 19.7 Å². The zero-order valence-corrected chi connectivity index (χ0v) is 31.4. The molecule has 5 atom stereocenters. The quantitative estimate of drug-likeness (QED) is 0.156. The summed E-state index contributed by atoms with van der Waals surface area (Å²) in [5, 5.41) is 3.37. The second-order valence-corrected chi connectivity index (χ2v) is 16.5. The number of halogens is 1. The number of anilines is 1. The molecule has 12 heteroatoms. The highest BCUT2D eigenvalue weighted by Crippen LogP contribution is 2.43. The van der Waals surface area contributed by atoms with Crippen LogP contribution in [0.25, 0.3) is 0 Å². The number of rotatable bonds is 14. The maximum Gasteiger partial charge on any atom is 0.327 e. The Morgan fingerprint density at radius 3 is 2.61 bits per heavy atom. The number of hydrogen-bond acceptors (Lipinski definition) is 7. The Bertz CT molecular complexity index is 1600. The van der Waals surface area contributed by atoms with Gasteiger partial charge in [0.05, 0.1) is 35.5 Å². The van der Waals surface area contributed by atoms with E-state index in [2.05, 4.69) is 38.4 Å². The van der Waals surface area contributed by atoms with Gasteiger partial charge in [0.25, 0.3) is 0 Å². The number of amides is 3. The first-order valence-electron chi connectivity index (χ1n) is 17.2. The van der Waals surface area contributed by atoms with E-state index in [1.165, 1.54) is 11.1 Å². The SMILES string of the molecule is CCCc1cc(Cl)ccc1C1COc2ccc(S(=O)(=NC=O)NC(=O)NC(C)C)cc2N(C[C@@H]2CCC2C(/C=C/COC(C)(C)C)OC)C1. The third-order valence-corrected chi connectivity index (χ3v) is 10.9. The van der Waals surface area contributed by atoms with Crippen molar-refractivity contribution in [2.75, 3.05) is 38.3 Å². The van der Waals surface area contributed by atoms with Gasteiger partial charge in [-0.3, -0.25) is 4.79 Å². The lowest BCUT2D eigenvalue weighted by molar-refractivity contribution is -0.106. The molecule has 2 aliphatic rings. The van der Waals surface area contributed by atoms with E-state index in [-0.39, 0.29) is 35.0 Å². The van der Waals surface area contributed by atoms with Gasteiger partial charge in [0.15, 0.2) is 9.92 Å². The lowest BCUT2D eigenvalue weighted by atomic mass is 9.70. The molecule has 49 heavy (non-hydrogen) atoms. The molecule has 10 nitrogen and oxygen atoms in total. The van der Waals surface area contributed by atoms with Crippen LogP contribution in [0.2, 0.25) is 5.02 Å². The summed E-state index contributed by atoms with van der Waals surface area (Å²) in [5.74, 6) is 1.27. The molecule has 1 aliphatic heterocycles. The van der Waals surface area contributed by atoms with Crippen LogP contribution in [0.5, 0.6) is 5.75 Å². The van der Waals surface area contributed by atoms with Crippen molar-refractivity contribution in [3.63, 3.8) is 0 Å². The van der Waals surface area contributed by atoms with Crippen molar-refractivity contribution in [3.8, 4) is 5.75 Å². The topological polar surface area (TPSA) is 119 Å². The zero-order valence-electron chi connectivity index (χ0n) is 29.9. The molecule has 1 saturated carbocycles. The molecule has 0 spiro atoms. The van der Waals surface area contributed by atoms with Crippen molar-refractivity contribution in [2.45, 2.75) is 95.8 Å². The molecule has 1 fully saturated rings. The summed E-state index contributed by atoms with van der Waals surface area (Å²) >= 11 is 6.43. The molecule has 3 amide bonds. The van der Waals surface area contributed by atoms with Crippen LogP contribution in [-0.4, -0.2) is 67.8 Å². The minimum Gasteiger partial charge on any atom is -0.491 e. The third-order valence-electron chi connectivity index (χ3n) is 8.94. The third kappa shape index (κ3) is 10.4. The van der Waals surface area contributed by atoms with Crippen LogP contribution >= 0.6 is 11.6 Å². The lowest BCUT2D eigenvalue weighted by Crippen LogP contribution is -2.44. The van der Waals surface area contributed by atoms with Gasteiger partial charge in [-0.05, 0) is 107 Å². The number of methoxy groups -OCH3 is 1. The first-order chi connectivity index (χ1) is 23.3. The Morgan fingerprint density at radius 1 is 1.20 bits per heavy atom. The molecular formula is C37H53ClN4O6S. The number of ether oxygens (including phenoxy) is 3. The van der Waals surface area contributed by atoms with E-state index in [9.17, 15) is 13.8 Å². The molecule has 2 aromatic rings. The van der Waals surface area contributed by atoms with Crippen molar-refractivity contribution in [1.82, 2.24) is 10.0 Å². The van der Waals surface area contributed by atoms with E-state index in [0.29, 0.717) is 48.9 Å². The van der Waals surface area contributed by atoms with Crippen LogP contribution in [0.1, 0.15) is 77.8 Å². The van der Waals surface area contributed by atoms with Crippen LogP contribution in [0.3, 0.4) is 0 Å². The number of benzene rings is 2. The normalized spacial score (nSPS) is 21.2. The molecule has 0 bridgehead atoms. The van der Waals surface area contributed by atoms with Gasteiger partial charge in [0.2, 0.25) is 6.41 Å². The van der Waals surface area contributed by atoms with E-state index in [0.717, 1.165) is 31.4 Å². The van der Waals surface area contributed by atoms with Crippen LogP contribution in [0, 0.1) is 11.8 Å². The highest BCUT2D eigenvalue weighted by Gasteiger charge is 2.39. The fourth-order valence-electron chi connectivity index (χ4n) is 6.51. The monoisotopic (exact) mass is 716 g/mol. The Labute approximate surface area is 297 Å². The average molecular weight is 717 g/mol. The smallest absolute Gasteiger partial charge is 0.327 e. The minimum absolute atomic E-state index is 0.0276. The lowest BCUT2D eigenvalue weighted by Gasteiger charge is -2.43. The predicted octanol–water partition coefficient (Wildman–Crippen LogP) is 7.29. The highest BCUT2D eigenvalue weighted by molar-refractivity contribution is 7.92. The molecule has 4 unspecified atom stereocenters. The number of carbonyl (C=O) groups is 2. The van der Waals surface area contributed by atoms with Crippen molar-refractivity contribution in [1.29, 1.82) is 0 Å².